The standard InChI is InChI=1S/C14H14ClN3O/c15-13-1-2-14(19)11-5-8-18(9-12(11)13)17-10-3-6-16-7-4-10/h1-4,6-7,19H,5,8-9H2,(H,16,17). The Bertz CT molecular complexity index is 589. The molecule has 98 valence electrons. The molecule has 1 aromatic carbocycles. The summed E-state index contributed by atoms with van der Waals surface area (Å²) < 4.78 is 0. The minimum atomic E-state index is 0.336. The van der Waals surface area contributed by atoms with Crippen molar-refractivity contribution in [3.63, 3.8) is 0 Å². The fourth-order valence-corrected chi connectivity index (χ4v) is 2.56. The van der Waals surface area contributed by atoms with Gasteiger partial charge in [0.1, 0.15) is 5.75 Å². The molecule has 0 atom stereocenters. The molecule has 0 bridgehead atoms. The number of fused-ring (bicyclic) bond motifs is 1. The lowest BCUT2D eigenvalue weighted by atomic mass is 9.99. The van der Waals surface area contributed by atoms with Crippen LogP contribution in [0, 0.1) is 0 Å². The number of rotatable bonds is 2. The molecule has 1 aromatic heterocycles. The van der Waals surface area contributed by atoms with Crippen molar-refractivity contribution in [2.75, 3.05) is 12.0 Å². The first-order valence-corrected chi connectivity index (χ1v) is 6.52. The maximum absolute atomic E-state index is 9.85. The van der Waals surface area contributed by atoms with Crippen molar-refractivity contribution >= 4 is 17.3 Å². The second kappa shape index (κ2) is 5.07. The quantitative estimate of drug-likeness (QED) is 0.885. The fourth-order valence-electron chi connectivity index (χ4n) is 2.32. The number of aromatic hydroxyl groups is 1. The molecule has 5 heteroatoms. The van der Waals surface area contributed by atoms with Gasteiger partial charge in [0.15, 0.2) is 0 Å². The van der Waals surface area contributed by atoms with Gasteiger partial charge in [-0.15, -0.1) is 0 Å². The van der Waals surface area contributed by atoms with Gasteiger partial charge in [0.05, 0.1) is 5.69 Å². The summed E-state index contributed by atoms with van der Waals surface area (Å²) >= 11 is 6.21. The SMILES string of the molecule is Oc1ccc(Cl)c2c1CCN(Nc1ccncc1)C2. The Morgan fingerprint density at radius 1 is 1.16 bits per heavy atom. The number of phenols is 1. The van der Waals surface area contributed by atoms with Gasteiger partial charge in [-0.1, -0.05) is 11.6 Å². The van der Waals surface area contributed by atoms with Crippen molar-refractivity contribution < 1.29 is 5.11 Å². The monoisotopic (exact) mass is 275 g/mol. The molecular formula is C14H14ClN3O. The van der Waals surface area contributed by atoms with Gasteiger partial charge in [-0.25, -0.2) is 5.01 Å². The average Bonchev–Trinajstić information content (AvgIpc) is 2.44. The van der Waals surface area contributed by atoms with E-state index in [4.69, 9.17) is 11.6 Å². The number of hydrazine groups is 1. The zero-order chi connectivity index (χ0) is 13.2. The third kappa shape index (κ3) is 2.50. The number of hydrogen-bond acceptors (Lipinski definition) is 4. The van der Waals surface area contributed by atoms with Crippen LogP contribution in [-0.2, 0) is 13.0 Å². The van der Waals surface area contributed by atoms with E-state index in [-0.39, 0.29) is 0 Å². The van der Waals surface area contributed by atoms with Crippen molar-refractivity contribution in [1.29, 1.82) is 0 Å². The predicted molar refractivity (Wildman–Crippen MR) is 75.1 cm³/mol. The van der Waals surface area contributed by atoms with Crippen LogP contribution in [0.2, 0.25) is 5.02 Å². The van der Waals surface area contributed by atoms with Crippen LogP contribution < -0.4 is 5.43 Å². The number of phenolic OH excluding ortho intramolecular Hbond substituents is 1. The Morgan fingerprint density at radius 3 is 2.74 bits per heavy atom. The third-order valence-electron chi connectivity index (χ3n) is 3.30. The molecule has 0 fully saturated rings. The topological polar surface area (TPSA) is 48.4 Å². The van der Waals surface area contributed by atoms with E-state index in [1.54, 1.807) is 24.5 Å². The van der Waals surface area contributed by atoms with Crippen molar-refractivity contribution in [3.8, 4) is 5.75 Å². The van der Waals surface area contributed by atoms with E-state index in [9.17, 15) is 5.11 Å². The number of halogens is 1. The van der Waals surface area contributed by atoms with Gasteiger partial charge in [0.25, 0.3) is 0 Å². The van der Waals surface area contributed by atoms with Crippen LogP contribution in [0.1, 0.15) is 11.1 Å². The average molecular weight is 276 g/mol. The summed E-state index contributed by atoms with van der Waals surface area (Å²) in [4.78, 5) is 3.99. The van der Waals surface area contributed by atoms with Gasteiger partial charge >= 0.3 is 0 Å². The first-order valence-electron chi connectivity index (χ1n) is 6.15. The van der Waals surface area contributed by atoms with Crippen LogP contribution in [0.5, 0.6) is 5.75 Å². The van der Waals surface area contributed by atoms with Gasteiger partial charge in [0, 0.05) is 36.1 Å². The highest BCUT2D eigenvalue weighted by atomic mass is 35.5. The molecule has 19 heavy (non-hydrogen) atoms. The number of aromatic nitrogens is 1. The Labute approximate surface area is 116 Å². The zero-order valence-electron chi connectivity index (χ0n) is 10.3. The van der Waals surface area contributed by atoms with Crippen molar-refractivity contribution in [1.82, 2.24) is 9.99 Å². The highest BCUT2D eigenvalue weighted by Gasteiger charge is 2.21. The molecule has 0 amide bonds. The van der Waals surface area contributed by atoms with Crippen LogP contribution in [0.25, 0.3) is 0 Å². The smallest absolute Gasteiger partial charge is 0.119 e. The van der Waals surface area contributed by atoms with E-state index in [0.717, 1.165) is 29.8 Å². The maximum atomic E-state index is 9.85. The number of nitrogens with zero attached hydrogens (tertiary/aromatic N) is 2. The Morgan fingerprint density at radius 2 is 1.95 bits per heavy atom. The molecule has 3 rings (SSSR count). The van der Waals surface area contributed by atoms with Crippen LogP contribution in [-0.4, -0.2) is 21.6 Å². The summed E-state index contributed by atoms with van der Waals surface area (Å²) in [5.74, 6) is 0.336. The minimum absolute atomic E-state index is 0.336. The van der Waals surface area contributed by atoms with Crippen molar-refractivity contribution in [2.24, 2.45) is 0 Å². The number of nitrogens with one attached hydrogen (secondary N) is 1. The molecule has 4 nitrogen and oxygen atoms in total. The predicted octanol–water partition coefficient (Wildman–Crippen LogP) is 2.83. The van der Waals surface area contributed by atoms with E-state index < -0.39 is 0 Å². The number of anilines is 1. The molecule has 0 unspecified atom stereocenters. The zero-order valence-corrected chi connectivity index (χ0v) is 11.1. The Hall–Kier alpha value is -1.78. The first kappa shape index (κ1) is 12.3. The van der Waals surface area contributed by atoms with Crippen LogP contribution >= 0.6 is 11.6 Å². The van der Waals surface area contributed by atoms with E-state index >= 15 is 0 Å². The van der Waals surface area contributed by atoms with E-state index in [1.165, 1.54) is 0 Å². The molecule has 1 aliphatic rings. The normalized spacial score (nSPS) is 15.0. The van der Waals surface area contributed by atoms with E-state index in [0.29, 0.717) is 17.3 Å². The highest BCUT2D eigenvalue weighted by molar-refractivity contribution is 6.31. The number of pyridine rings is 1. The maximum Gasteiger partial charge on any atom is 0.119 e. The fraction of sp³-hybridized carbons (Fsp3) is 0.214. The Balaban J connectivity index is 1.81. The summed E-state index contributed by atoms with van der Waals surface area (Å²) in [5, 5.41) is 12.6. The first-order chi connectivity index (χ1) is 9.24. The van der Waals surface area contributed by atoms with Crippen LogP contribution in [0.15, 0.2) is 36.7 Å². The molecule has 2 N–H and O–H groups in total. The molecule has 2 heterocycles. The summed E-state index contributed by atoms with van der Waals surface area (Å²) in [6.07, 6.45) is 4.28. The van der Waals surface area contributed by atoms with Gasteiger partial charge in [-0.2, -0.15) is 0 Å². The molecule has 0 saturated heterocycles. The summed E-state index contributed by atoms with van der Waals surface area (Å²) in [5.41, 5.74) is 6.27. The van der Waals surface area contributed by atoms with Crippen LogP contribution in [0.3, 0.4) is 0 Å². The molecule has 0 aliphatic carbocycles. The highest BCUT2D eigenvalue weighted by Crippen LogP contribution is 2.32. The second-order valence-electron chi connectivity index (χ2n) is 4.54. The molecule has 0 spiro atoms. The van der Waals surface area contributed by atoms with E-state index in [1.807, 2.05) is 12.1 Å². The summed E-state index contributed by atoms with van der Waals surface area (Å²) in [6, 6.07) is 7.23. The summed E-state index contributed by atoms with van der Waals surface area (Å²) in [6.45, 7) is 1.49. The van der Waals surface area contributed by atoms with Crippen molar-refractivity contribution in [3.05, 3.63) is 52.8 Å². The lowest BCUT2D eigenvalue weighted by Crippen LogP contribution is -2.35. The summed E-state index contributed by atoms with van der Waals surface area (Å²) in [7, 11) is 0. The molecule has 0 saturated carbocycles. The van der Waals surface area contributed by atoms with Gasteiger partial charge in [-0.05, 0) is 36.2 Å². The number of hydrogen-bond donors (Lipinski definition) is 2. The van der Waals surface area contributed by atoms with E-state index in [2.05, 4.69) is 15.4 Å². The third-order valence-corrected chi connectivity index (χ3v) is 3.65. The van der Waals surface area contributed by atoms with Gasteiger partial charge < -0.3 is 10.5 Å². The molecular weight excluding hydrogens is 262 g/mol. The second-order valence-corrected chi connectivity index (χ2v) is 4.95. The molecule has 1 aliphatic heterocycles. The molecule has 2 aromatic rings. The minimum Gasteiger partial charge on any atom is -0.508 e. The van der Waals surface area contributed by atoms with Crippen molar-refractivity contribution in [2.45, 2.75) is 13.0 Å². The molecule has 0 radical (unpaired) electrons. The largest absolute Gasteiger partial charge is 0.508 e. The lowest BCUT2D eigenvalue weighted by molar-refractivity contribution is 0.303. The number of benzene rings is 1. The lowest BCUT2D eigenvalue weighted by Gasteiger charge is -2.30. The van der Waals surface area contributed by atoms with Gasteiger partial charge in [0.2, 0.25) is 0 Å². The Kier molecular flexibility index (Phi) is 3.27. The van der Waals surface area contributed by atoms with Gasteiger partial charge in [-0.3, -0.25) is 4.98 Å². The van der Waals surface area contributed by atoms with Crippen LogP contribution in [0.4, 0.5) is 5.69 Å².